The molecule has 0 bridgehead atoms. The first-order valence-corrected chi connectivity index (χ1v) is 16.0. The SMILES string of the molecule is O=C(CCCC[C@@H]1SC[C@@H]2NC(=O)N[C@@H]21)NCCNC(=O)c1ccc2c(c1)C(=O)OC21c2ccccc2Oc2ccccc21. The Bertz CT molecular complexity index is 1620. The lowest BCUT2D eigenvalue weighted by molar-refractivity contribution is -0.121. The Morgan fingerprint density at radius 2 is 1.61 bits per heavy atom. The summed E-state index contributed by atoms with van der Waals surface area (Å²) in [6, 6.07) is 20.3. The number of carbonyl (C=O) groups is 4. The number of nitrogens with one attached hydrogen (secondary N) is 4. The van der Waals surface area contributed by atoms with Crippen LogP contribution >= 0.6 is 11.8 Å². The van der Waals surface area contributed by atoms with Crippen LogP contribution in [-0.2, 0) is 15.1 Å². The molecular weight excluding hydrogens is 580 g/mol. The summed E-state index contributed by atoms with van der Waals surface area (Å²) in [5.74, 6) is 1.23. The average molecular weight is 613 g/mol. The highest BCUT2D eigenvalue weighted by atomic mass is 32.2. The van der Waals surface area contributed by atoms with Crippen molar-refractivity contribution in [1.29, 1.82) is 0 Å². The van der Waals surface area contributed by atoms with Gasteiger partial charge in [0.2, 0.25) is 5.91 Å². The zero-order valence-corrected chi connectivity index (χ0v) is 24.7. The molecule has 2 fully saturated rings. The van der Waals surface area contributed by atoms with Crippen LogP contribution in [0.15, 0.2) is 66.7 Å². The summed E-state index contributed by atoms with van der Waals surface area (Å²) in [4.78, 5) is 50.1. The number of hydrogen-bond donors (Lipinski definition) is 4. The van der Waals surface area contributed by atoms with Crippen LogP contribution in [0, 0.1) is 0 Å². The first-order valence-electron chi connectivity index (χ1n) is 14.9. The molecule has 3 aromatic carbocycles. The van der Waals surface area contributed by atoms with Gasteiger partial charge in [-0.3, -0.25) is 9.59 Å². The molecule has 3 atom stereocenters. The third-order valence-corrected chi connectivity index (χ3v) is 10.2. The standard InChI is InChI=1S/C33H32N4O6S/c38-28(12-6-5-11-27-29-24(18-44-27)36-32(41)37-29)34-15-16-35-30(39)19-13-14-21-20(17-19)31(40)43-33(21)22-7-1-3-9-25(22)42-26-10-4-2-8-23(26)33/h1-4,7-10,13-14,17,24,27,29H,5-6,11-12,15-16,18H2,(H,34,38)(H,35,39)(H2,36,37,41)/t24-,27-,29-/m0/s1. The number of esters is 1. The summed E-state index contributed by atoms with van der Waals surface area (Å²) in [5.41, 5.74) is 1.60. The number of fused-ring (bicyclic) bond motifs is 7. The van der Waals surface area contributed by atoms with Gasteiger partial charge in [-0.05, 0) is 37.1 Å². The van der Waals surface area contributed by atoms with E-state index in [-0.39, 0.29) is 36.5 Å². The van der Waals surface area contributed by atoms with E-state index in [9.17, 15) is 19.2 Å². The van der Waals surface area contributed by atoms with Crippen LogP contribution < -0.4 is 26.0 Å². The average Bonchev–Trinajstić information content (AvgIpc) is 3.68. The zero-order valence-electron chi connectivity index (χ0n) is 23.9. The molecule has 44 heavy (non-hydrogen) atoms. The fraction of sp³-hybridized carbons (Fsp3) is 0.333. The monoisotopic (exact) mass is 612 g/mol. The van der Waals surface area contributed by atoms with E-state index in [1.165, 1.54) is 0 Å². The summed E-state index contributed by atoms with van der Waals surface area (Å²) in [5, 5.41) is 12.0. The van der Waals surface area contributed by atoms with E-state index in [0.29, 0.717) is 46.4 Å². The molecule has 7 rings (SSSR count). The first-order chi connectivity index (χ1) is 21.4. The lowest BCUT2D eigenvalue weighted by atomic mass is 9.77. The van der Waals surface area contributed by atoms with Gasteiger partial charge in [0.05, 0.1) is 17.6 Å². The third-order valence-electron chi connectivity index (χ3n) is 8.69. The number of para-hydroxylation sites is 2. The van der Waals surface area contributed by atoms with E-state index in [2.05, 4.69) is 21.3 Å². The Labute approximate surface area is 258 Å². The number of ether oxygens (including phenoxy) is 2. The second-order valence-electron chi connectivity index (χ2n) is 11.4. The first kappa shape index (κ1) is 28.3. The number of hydrogen-bond acceptors (Lipinski definition) is 7. The van der Waals surface area contributed by atoms with Crippen LogP contribution in [0.1, 0.15) is 63.1 Å². The van der Waals surface area contributed by atoms with Gasteiger partial charge in [0.25, 0.3) is 5.91 Å². The molecule has 4 heterocycles. The van der Waals surface area contributed by atoms with Crippen molar-refractivity contribution in [2.75, 3.05) is 18.8 Å². The van der Waals surface area contributed by atoms with E-state index in [0.717, 1.165) is 36.1 Å². The molecule has 11 heteroatoms. The van der Waals surface area contributed by atoms with Crippen LogP contribution in [0.5, 0.6) is 11.5 Å². The van der Waals surface area contributed by atoms with Crippen molar-refractivity contribution in [3.8, 4) is 11.5 Å². The van der Waals surface area contributed by atoms with Crippen molar-refractivity contribution in [2.24, 2.45) is 0 Å². The Kier molecular flexibility index (Phi) is 7.41. The maximum Gasteiger partial charge on any atom is 0.340 e. The number of thioether (sulfide) groups is 1. The van der Waals surface area contributed by atoms with Crippen molar-refractivity contribution in [3.63, 3.8) is 0 Å². The Morgan fingerprint density at radius 3 is 2.39 bits per heavy atom. The molecule has 226 valence electrons. The van der Waals surface area contributed by atoms with Crippen molar-refractivity contribution < 1.29 is 28.7 Å². The molecule has 0 saturated carbocycles. The van der Waals surface area contributed by atoms with Crippen LogP contribution in [0.2, 0.25) is 0 Å². The Hall–Kier alpha value is -4.51. The van der Waals surface area contributed by atoms with E-state index >= 15 is 0 Å². The Morgan fingerprint density at radius 1 is 0.886 bits per heavy atom. The van der Waals surface area contributed by atoms with Crippen LogP contribution in [0.4, 0.5) is 4.79 Å². The lowest BCUT2D eigenvalue weighted by Gasteiger charge is -2.36. The normalized spacial score (nSPS) is 21.6. The van der Waals surface area contributed by atoms with Gasteiger partial charge < -0.3 is 30.7 Å². The highest BCUT2D eigenvalue weighted by molar-refractivity contribution is 8.00. The van der Waals surface area contributed by atoms with E-state index in [4.69, 9.17) is 9.47 Å². The second kappa shape index (κ2) is 11.5. The number of rotatable bonds is 9. The van der Waals surface area contributed by atoms with Gasteiger partial charge in [-0.1, -0.05) is 48.9 Å². The summed E-state index contributed by atoms with van der Waals surface area (Å²) < 4.78 is 12.3. The number of carbonyl (C=O) groups excluding carboxylic acids is 4. The van der Waals surface area contributed by atoms with Gasteiger partial charge in [0.15, 0.2) is 5.60 Å². The van der Waals surface area contributed by atoms with Gasteiger partial charge in [-0.2, -0.15) is 11.8 Å². The molecule has 3 aromatic rings. The molecule has 0 aliphatic carbocycles. The molecule has 4 amide bonds. The lowest BCUT2D eigenvalue weighted by Crippen LogP contribution is -2.36. The fourth-order valence-corrected chi connectivity index (χ4v) is 8.15. The van der Waals surface area contributed by atoms with Gasteiger partial charge >= 0.3 is 12.0 Å². The van der Waals surface area contributed by atoms with Crippen LogP contribution in [0.3, 0.4) is 0 Å². The second-order valence-corrected chi connectivity index (χ2v) is 12.7. The minimum atomic E-state index is -1.17. The topological polar surface area (TPSA) is 135 Å². The quantitative estimate of drug-likeness (QED) is 0.164. The fourth-order valence-electron chi connectivity index (χ4n) is 6.61. The minimum Gasteiger partial charge on any atom is -0.456 e. The van der Waals surface area contributed by atoms with Crippen molar-refractivity contribution in [2.45, 2.75) is 48.6 Å². The highest BCUT2D eigenvalue weighted by Gasteiger charge is 2.53. The van der Waals surface area contributed by atoms with Crippen LogP contribution in [-0.4, -0.2) is 60.0 Å². The summed E-state index contributed by atoms with van der Waals surface area (Å²) >= 11 is 1.87. The van der Waals surface area contributed by atoms with Gasteiger partial charge in [0.1, 0.15) is 11.5 Å². The molecule has 0 radical (unpaired) electrons. The number of benzene rings is 3. The number of unbranched alkanes of at least 4 members (excludes halogenated alkanes) is 1. The maximum atomic E-state index is 13.3. The summed E-state index contributed by atoms with van der Waals surface area (Å²) in [7, 11) is 0. The molecule has 4 aliphatic heterocycles. The minimum absolute atomic E-state index is 0.0605. The molecule has 1 spiro atoms. The van der Waals surface area contributed by atoms with E-state index < -0.39 is 11.6 Å². The molecule has 4 aliphatic rings. The van der Waals surface area contributed by atoms with Crippen LogP contribution in [0.25, 0.3) is 0 Å². The largest absolute Gasteiger partial charge is 0.456 e. The molecule has 0 unspecified atom stereocenters. The third kappa shape index (κ3) is 4.94. The maximum absolute atomic E-state index is 13.3. The summed E-state index contributed by atoms with van der Waals surface area (Å²) in [6.07, 6.45) is 3.05. The molecular formula is C33H32N4O6S. The Balaban J connectivity index is 0.927. The van der Waals surface area contributed by atoms with Gasteiger partial charge in [0, 0.05) is 52.8 Å². The van der Waals surface area contributed by atoms with Crippen molar-refractivity contribution >= 4 is 35.6 Å². The molecule has 0 aromatic heterocycles. The van der Waals surface area contributed by atoms with Crippen molar-refractivity contribution in [3.05, 3.63) is 94.5 Å². The van der Waals surface area contributed by atoms with Gasteiger partial charge in [-0.15, -0.1) is 0 Å². The smallest absolute Gasteiger partial charge is 0.340 e. The zero-order chi connectivity index (χ0) is 30.3. The van der Waals surface area contributed by atoms with Gasteiger partial charge in [-0.25, -0.2) is 9.59 Å². The number of urea groups is 1. The molecule has 10 nitrogen and oxygen atoms in total. The summed E-state index contributed by atoms with van der Waals surface area (Å²) in [6.45, 7) is 0.552. The highest BCUT2D eigenvalue weighted by Crippen LogP contribution is 2.55. The predicted molar refractivity (Wildman–Crippen MR) is 164 cm³/mol. The number of amides is 4. The van der Waals surface area contributed by atoms with E-state index in [1.54, 1.807) is 18.2 Å². The molecule has 2 saturated heterocycles. The van der Waals surface area contributed by atoms with E-state index in [1.807, 2.05) is 60.3 Å². The molecule has 4 N–H and O–H groups in total. The van der Waals surface area contributed by atoms with Crippen molar-refractivity contribution in [1.82, 2.24) is 21.3 Å². The predicted octanol–water partition coefficient (Wildman–Crippen LogP) is 3.83.